The zero-order valence-corrected chi connectivity index (χ0v) is 8.94. The Kier molecular flexibility index (Phi) is 3.21. The Morgan fingerprint density at radius 1 is 1.27 bits per heavy atom. The Hall–Kier alpha value is -1.26. The Bertz CT molecular complexity index is 348. The van der Waals surface area contributed by atoms with Crippen LogP contribution in [0.1, 0.15) is 25.8 Å². The minimum Gasteiger partial charge on any atom is -0.504 e. The van der Waals surface area contributed by atoms with Gasteiger partial charge in [0.2, 0.25) is 0 Å². The second-order valence-electron chi connectivity index (χ2n) is 4.23. The number of phenols is 2. The van der Waals surface area contributed by atoms with E-state index in [1.165, 1.54) is 18.2 Å². The molecule has 0 fully saturated rings. The number of rotatable bonds is 3. The molecule has 4 nitrogen and oxygen atoms in total. The summed E-state index contributed by atoms with van der Waals surface area (Å²) in [4.78, 5) is 0. The van der Waals surface area contributed by atoms with Gasteiger partial charge < -0.3 is 15.3 Å². The molecule has 0 aliphatic heterocycles. The summed E-state index contributed by atoms with van der Waals surface area (Å²) >= 11 is 0. The number of nitrogens with two attached hydrogens (primary N) is 1. The number of hydrogen-bond donors (Lipinski definition) is 4. The third-order valence-corrected chi connectivity index (χ3v) is 2.19. The Labute approximate surface area is 89.0 Å². The lowest BCUT2D eigenvalue weighted by Gasteiger charge is -2.25. The summed E-state index contributed by atoms with van der Waals surface area (Å²) in [7, 11) is 0. The first-order valence-electron chi connectivity index (χ1n) is 4.86. The van der Waals surface area contributed by atoms with Crippen molar-refractivity contribution in [2.45, 2.75) is 26.0 Å². The molecule has 1 atom stereocenters. The number of hydrogen-bond acceptors (Lipinski definition) is 4. The van der Waals surface area contributed by atoms with Gasteiger partial charge in [-0.3, -0.25) is 5.73 Å². The van der Waals surface area contributed by atoms with Gasteiger partial charge in [-0.25, -0.2) is 0 Å². The summed E-state index contributed by atoms with van der Waals surface area (Å²) in [5.41, 5.74) is 4.64. The SMILES string of the molecule is CC(C)CC(N)(O)c1ccc(O)c(O)c1. The van der Waals surface area contributed by atoms with Crippen molar-refractivity contribution in [3.8, 4) is 11.5 Å². The molecule has 1 rings (SSSR count). The molecule has 0 bridgehead atoms. The van der Waals surface area contributed by atoms with Crippen molar-refractivity contribution in [2.24, 2.45) is 11.7 Å². The zero-order valence-electron chi connectivity index (χ0n) is 8.94. The lowest BCUT2D eigenvalue weighted by Crippen LogP contribution is -2.37. The van der Waals surface area contributed by atoms with Gasteiger partial charge in [0.25, 0.3) is 0 Å². The van der Waals surface area contributed by atoms with E-state index in [-0.39, 0.29) is 17.4 Å². The van der Waals surface area contributed by atoms with Crippen molar-refractivity contribution >= 4 is 0 Å². The van der Waals surface area contributed by atoms with Gasteiger partial charge in [0.05, 0.1) is 0 Å². The predicted molar refractivity (Wildman–Crippen MR) is 57.3 cm³/mol. The standard InChI is InChI=1S/C11H17NO3/c1-7(2)6-11(12,15)8-3-4-9(13)10(14)5-8/h3-5,7,13-15H,6,12H2,1-2H3. The van der Waals surface area contributed by atoms with Crippen LogP contribution in [0.5, 0.6) is 11.5 Å². The van der Waals surface area contributed by atoms with Crippen molar-refractivity contribution in [2.75, 3.05) is 0 Å². The Morgan fingerprint density at radius 2 is 1.87 bits per heavy atom. The molecule has 0 aromatic heterocycles. The first-order valence-corrected chi connectivity index (χ1v) is 4.86. The molecule has 0 heterocycles. The third kappa shape index (κ3) is 2.84. The fourth-order valence-electron chi connectivity index (χ4n) is 1.53. The molecule has 84 valence electrons. The molecule has 0 spiro atoms. The number of benzene rings is 1. The van der Waals surface area contributed by atoms with Gasteiger partial charge >= 0.3 is 0 Å². The lowest BCUT2D eigenvalue weighted by molar-refractivity contribution is 0.0215. The van der Waals surface area contributed by atoms with Crippen LogP contribution in [0.25, 0.3) is 0 Å². The molecule has 1 aromatic rings. The second kappa shape index (κ2) is 4.08. The second-order valence-corrected chi connectivity index (χ2v) is 4.23. The molecule has 0 aliphatic rings. The summed E-state index contributed by atoms with van der Waals surface area (Å²) in [6, 6.07) is 4.08. The highest BCUT2D eigenvalue weighted by Crippen LogP contribution is 2.31. The summed E-state index contributed by atoms with van der Waals surface area (Å²) in [6.45, 7) is 3.89. The fraction of sp³-hybridized carbons (Fsp3) is 0.455. The van der Waals surface area contributed by atoms with Gasteiger partial charge in [-0.15, -0.1) is 0 Å². The van der Waals surface area contributed by atoms with E-state index in [9.17, 15) is 10.2 Å². The van der Waals surface area contributed by atoms with Gasteiger partial charge in [-0.2, -0.15) is 0 Å². The predicted octanol–water partition coefficient (Wildman–Crippen LogP) is 1.25. The van der Waals surface area contributed by atoms with Crippen molar-refractivity contribution in [3.05, 3.63) is 23.8 Å². The Balaban J connectivity index is 2.99. The van der Waals surface area contributed by atoms with E-state index in [0.717, 1.165) is 0 Å². The van der Waals surface area contributed by atoms with Gasteiger partial charge in [0.15, 0.2) is 11.5 Å². The molecule has 4 heteroatoms. The van der Waals surface area contributed by atoms with Gasteiger partial charge in [0.1, 0.15) is 5.72 Å². The molecular weight excluding hydrogens is 194 g/mol. The highest BCUT2D eigenvalue weighted by Gasteiger charge is 2.25. The van der Waals surface area contributed by atoms with Crippen molar-refractivity contribution in [1.29, 1.82) is 0 Å². The van der Waals surface area contributed by atoms with Crippen LogP contribution in [0.4, 0.5) is 0 Å². The van der Waals surface area contributed by atoms with E-state index < -0.39 is 5.72 Å². The van der Waals surface area contributed by atoms with Crippen LogP contribution >= 0.6 is 0 Å². The highest BCUT2D eigenvalue weighted by atomic mass is 16.3. The molecular formula is C11H17NO3. The van der Waals surface area contributed by atoms with Crippen LogP contribution in [0, 0.1) is 5.92 Å². The van der Waals surface area contributed by atoms with Crippen molar-refractivity contribution in [1.82, 2.24) is 0 Å². The zero-order chi connectivity index (χ0) is 11.6. The van der Waals surface area contributed by atoms with Crippen LogP contribution in [-0.2, 0) is 5.72 Å². The van der Waals surface area contributed by atoms with Gasteiger partial charge in [-0.1, -0.05) is 19.9 Å². The average Bonchev–Trinajstić information content (AvgIpc) is 2.07. The molecule has 5 N–H and O–H groups in total. The van der Waals surface area contributed by atoms with Gasteiger partial charge in [-0.05, 0) is 24.5 Å². The van der Waals surface area contributed by atoms with E-state index >= 15 is 0 Å². The summed E-state index contributed by atoms with van der Waals surface area (Å²) in [5, 5.41) is 28.4. The number of aromatic hydroxyl groups is 2. The van der Waals surface area contributed by atoms with Gasteiger partial charge in [0, 0.05) is 5.56 Å². The largest absolute Gasteiger partial charge is 0.504 e. The summed E-state index contributed by atoms with van der Waals surface area (Å²) in [5.74, 6) is -0.268. The molecule has 0 saturated heterocycles. The maximum atomic E-state index is 9.96. The monoisotopic (exact) mass is 211 g/mol. The third-order valence-electron chi connectivity index (χ3n) is 2.19. The molecule has 1 aromatic carbocycles. The molecule has 15 heavy (non-hydrogen) atoms. The van der Waals surface area contributed by atoms with Crippen LogP contribution in [0.15, 0.2) is 18.2 Å². The normalized spacial score (nSPS) is 15.3. The van der Waals surface area contributed by atoms with E-state index in [2.05, 4.69) is 0 Å². The Morgan fingerprint density at radius 3 is 2.33 bits per heavy atom. The lowest BCUT2D eigenvalue weighted by atomic mass is 9.94. The first-order chi connectivity index (χ1) is 6.83. The molecule has 1 unspecified atom stereocenters. The van der Waals surface area contributed by atoms with Crippen LogP contribution in [-0.4, -0.2) is 15.3 Å². The van der Waals surface area contributed by atoms with E-state index in [1.54, 1.807) is 0 Å². The topological polar surface area (TPSA) is 86.7 Å². The molecule has 0 saturated carbocycles. The molecule has 0 radical (unpaired) electrons. The van der Waals surface area contributed by atoms with Crippen LogP contribution in [0.3, 0.4) is 0 Å². The quantitative estimate of drug-likeness (QED) is 0.447. The number of aliphatic hydroxyl groups is 1. The summed E-state index contributed by atoms with van der Waals surface area (Å²) < 4.78 is 0. The summed E-state index contributed by atoms with van der Waals surface area (Å²) in [6.07, 6.45) is 0.386. The highest BCUT2D eigenvalue weighted by molar-refractivity contribution is 5.42. The molecule has 0 aliphatic carbocycles. The smallest absolute Gasteiger partial charge is 0.157 e. The minimum absolute atomic E-state index is 0.223. The number of phenolic OH excluding ortho intramolecular Hbond substituents is 2. The first kappa shape index (κ1) is 11.8. The van der Waals surface area contributed by atoms with Crippen molar-refractivity contribution in [3.63, 3.8) is 0 Å². The van der Waals surface area contributed by atoms with E-state index in [1.807, 2.05) is 13.8 Å². The van der Waals surface area contributed by atoms with Crippen LogP contribution in [0.2, 0.25) is 0 Å². The maximum absolute atomic E-state index is 9.96. The van der Waals surface area contributed by atoms with Crippen LogP contribution < -0.4 is 5.73 Å². The van der Waals surface area contributed by atoms with E-state index in [0.29, 0.717) is 12.0 Å². The van der Waals surface area contributed by atoms with E-state index in [4.69, 9.17) is 10.8 Å². The average molecular weight is 211 g/mol. The molecule has 0 amide bonds. The fourth-order valence-corrected chi connectivity index (χ4v) is 1.53. The maximum Gasteiger partial charge on any atom is 0.157 e. The minimum atomic E-state index is -1.47. The van der Waals surface area contributed by atoms with Crippen molar-refractivity contribution < 1.29 is 15.3 Å².